The Morgan fingerprint density at radius 3 is 2.32 bits per heavy atom. The highest BCUT2D eigenvalue weighted by Crippen LogP contribution is 2.25. The Labute approximate surface area is 124 Å². The van der Waals surface area contributed by atoms with Gasteiger partial charge in [-0.15, -0.1) is 0 Å². The van der Waals surface area contributed by atoms with Crippen LogP contribution >= 0.6 is 0 Å². The van der Waals surface area contributed by atoms with Gasteiger partial charge in [-0.3, -0.25) is 14.9 Å². The number of alkyl halides is 3. The number of carbonyl (C=O) groups is 2. The number of amides is 3. The summed E-state index contributed by atoms with van der Waals surface area (Å²) in [7, 11) is 0. The Kier molecular flexibility index (Phi) is 5.00. The Morgan fingerprint density at radius 2 is 1.82 bits per heavy atom. The average molecular weight is 319 g/mol. The molecular formula is C13H16F3N3O3. The van der Waals surface area contributed by atoms with Crippen LogP contribution in [0.4, 0.5) is 18.0 Å². The summed E-state index contributed by atoms with van der Waals surface area (Å²) >= 11 is 0. The van der Waals surface area contributed by atoms with Gasteiger partial charge in [-0.1, -0.05) is 0 Å². The highest BCUT2D eigenvalue weighted by Gasteiger charge is 2.34. The molecule has 1 aromatic heterocycles. The van der Waals surface area contributed by atoms with E-state index >= 15 is 0 Å². The van der Waals surface area contributed by atoms with Gasteiger partial charge in [-0.2, -0.15) is 13.2 Å². The standard InChI is InChI=1S/C13H16F3N3O3/c1-12(2,3)18-11(22)17-9(20)7-19-6-4-5-8(10(19)21)13(14,15)16/h4-6H,7H2,1-3H3,(H2,17,18,20,22). The number of hydrogen-bond acceptors (Lipinski definition) is 3. The minimum Gasteiger partial charge on any atom is -0.333 e. The van der Waals surface area contributed by atoms with Crippen LogP contribution in [-0.2, 0) is 17.5 Å². The number of nitrogens with zero attached hydrogens (tertiary/aromatic N) is 1. The summed E-state index contributed by atoms with van der Waals surface area (Å²) in [5.74, 6) is -0.900. The Hall–Kier alpha value is -2.32. The summed E-state index contributed by atoms with van der Waals surface area (Å²) in [6.07, 6.45) is -3.76. The molecule has 6 nitrogen and oxygen atoms in total. The van der Waals surface area contributed by atoms with Gasteiger partial charge in [-0.05, 0) is 32.9 Å². The molecule has 0 bridgehead atoms. The van der Waals surface area contributed by atoms with E-state index in [9.17, 15) is 27.6 Å². The molecule has 3 amide bonds. The van der Waals surface area contributed by atoms with Crippen LogP contribution in [0.15, 0.2) is 23.1 Å². The zero-order valence-corrected chi connectivity index (χ0v) is 12.2. The lowest BCUT2D eigenvalue weighted by Crippen LogP contribution is -2.49. The Balaban J connectivity index is 2.82. The highest BCUT2D eigenvalue weighted by molar-refractivity contribution is 5.94. The van der Waals surface area contributed by atoms with E-state index in [-0.39, 0.29) is 0 Å². The Bertz CT molecular complexity index is 630. The number of imide groups is 1. The molecule has 0 unspecified atom stereocenters. The predicted molar refractivity (Wildman–Crippen MR) is 72.1 cm³/mol. The SMILES string of the molecule is CC(C)(C)NC(=O)NC(=O)Cn1cccc(C(F)(F)F)c1=O. The summed E-state index contributed by atoms with van der Waals surface area (Å²) in [5, 5.41) is 4.39. The number of halogens is 3. The molecule has 0 spiro atoms. The average Bonchev–Trinajstić information content (AvgIpc) is 2.27. The van der Waals surface area contributed by atoms with Gasteiger partial charge < -0.3 is 9.88 Å². The van der Waals surface area contributed by atoms with Crippen LogP contribution in [-0.4, -0.2) is 22.0 Å². The maximum absolute atomic E-state index is 12.6. The monoisotopic (exact) mass is 319 g/mol. The summed E-state index contributed by atoms with van der Waals surface area (Å²) in [6.45, 7) is 4.37. The van der Waals surface area contributed by atoms with Crippen molar-refractivity contribution in [3.63, 3.8) is 0 Å². The van der Waals surface area contributed by atoms with Crippen molar-refractivity contribution in [3.8, 4) is 0 Å². The molecule has 1 rings (SSSR count). The molecule has 0 radical (unpaired) electrons. The molecule has 1 heterocycles. The van der Waals surface area contributed by atoms with E-state index in [2.05, 4.69) is 5.32 Å². The molecule has 0 aliphatic heterocycles. The highest BCUT2D eigenvalue weighted by atomic mass is 19.4. The molecule has 0 saturated carbocycles. The number of hydrogen-bond donors (Lipinski definition) is 2. The van der Waals surface area contributed by atoms with E-state index in [1.807, 2.05) is 5.32 Å². The summed E-state index contributed by atoms with van der Waals surface area (Å²) < 4.78 is 38.3. The first-order valence-corrected chi connectivity index (χ1v) is 6.29. The van der Waals surface area contributed by atoms with Gasteiger partial charge >= 0.3 is 12.2 Å². The number of urea groups is 1. The first kappa shape index (κ1) is 17.7. The van der Waals surface area contributed by atoms with E-state index < -0.39 is 41.3 Å². The van der Waals surface area contributed by atoms with Crippen LogP contribution in [0.25, 0.3) is 0 Å². The second kappa shape index (κ2) is 6.20. The minimum atomic E-state index is -4.81. The second-order valence-electron chi connectivity index (χ2n) is 5.60. The van der Waals surface area contributed by atoms with Gasteiger partial charge in [0.2, 0.25) is 5.91 Å². The van der Waals surface area contributed by atoms with Crippen LogP contribution in [0, 0.1) is 0 Å². The molecule has 0 saturated heterocycles. The zero-order chi connectivity index (χ0) is 17.1. The topological polar surface area (TPSA) is 80.2 Å². The first-order chi connectivity index (χ1) is 9.90. The first-order valence-electron chi connectivity index (χ1n) is 6.29. The molecule has 0 atom stereocenters. The molecule has 0 aliphatic carbocycles. The maximum Gasteiger partial charge on any atom is 0.421 e. The van der Waals surface area contributed by atoms with Gasteiger partial charge in [0.1, 0.15) is 12.1 Å². The normalized spacial score (nSPS) is 11.9. The number of rotatable bonds is 2. The molecule has 22 heavy (non-hydrogen) atoms. The molecule has 122 valence electrons. The molecular weight excluding hydrogens is 303 g/mol. The number of aromatic nitrogens is 1. The predicted octanol–water partition coefficient (Wildman–Crippen LogP) is 1.49. The fraction of sp³-hybridized carbons (Fsp3) is 0.462. The number of carbonyl (C=O) groups excluding carboxylic acids is 2. The second-order valence-corrected chi connectivity index (χ2v) is 5.60. The van der Waals surface area contributed by atoms with E-state index in [1.165, 1.54) is 0 Å². The van der Waals surface area contributed by atoms with E-state index in [1.54, 1.807) is 20.8 Å². The third kappa shape index (κ3) is 5.23. The Morgan fingerprint density at radius 1 is 1.23 bits per heavy atom. The molecule has 2 N–H and O–H groups in total. The number of nitrogens with one attached hydrogen (secondary N) is 2. The quantitative estimate of drug-likeness (QED) is 0.867. The third-order valence-electron chi connectivity index (χ3n) is 2.38. The lowest BCUT2D eigenvalue weighted by Gasteiger charge is -2.20. The summed E-state index contributed by atoms with van der Waals surface area (Å²) in [6, 6.07) is 0.841. The van der Waals surface area contributed by atoms with Crippen LogP contribution in [0.1, 0.15) is 26.3 Å². The summed E-state index contributed by atoms with van der Waals surface area (Å²) in [4.78, 5) is 34.7. The van der Waals surface area contributed by atoms with Crippen molar-refractivity contribution in [1.29, 1.82) is 0 Å². The lowest BCUT2D eigenvalue weighted by molar-refractivity contribution is -0.139. The molecule has 0 aromatic carbocycles. The van der Waals surface area contributed by atoms with Crippen LogP contribution in [0.2, 0.25) is 0 Å². The van der Waals surface area contributed by atoms with Crippen molar-refractivity contribution < 1.29 is 22.8 Å². The van der Waals surface area contributed by atoms with Crippen molar-refractivity contribution in [2.45, 2.75) is 39.0 Å². The van der Waals surface area contributed by atoms with Gasteiger partial charge in [-0.25, -0.2) is 4.79 Å². The molecule has 0 aliphatic rings. The van der Waals surface area contributed by atoms with Crippen molar-refractivity contribution in [2.75, 3.05) is 0 Å². The van der Waals surface area contributed by atoms with Crippen molar-refractivity contribution >= 4 is 11.9 Å². The van der Waals surface area contributed by atoms with Crippen LogP contribution in [0.3, 0.4) is 0 Å². The van der Waals surface area contributed by atoms with Gasteiger partial charge in [0.05, 0.1) is 0 Å². The molecule has 9 heteroatoms. The van der Waals surface area contributed by atoms with Crippen molar-refractivity contribution in [2.24, 2.45) is 0 Å². The van der Waals surface area contributed by atoms with Crippen molar-refractivity contribution in [1.82, 2.24) is 15.2 Å². The maximum atomic E-state index is 12.6. The fourth-order valence-corrected chi connectivity index (χ4v) is 1.57. The zero-order valence-electron chi connectivity index (χ0n) is 12.2. The molecule has 0 fully saturated rings. The van der Waals surface area contributed by atoms with Crippen LogP contribution < -0.4 is 16.2 Å². The third-order valence-corrected chi connectivity index (χ3v) is 2.38. The fourth-order valence-electron chi connectivity index (χ4n) is 1.57. The molecule has 1 aromatic rings. The van der Waals surface area contributed by atoms with E-state index in [4.69, 9.17) is 0 Å². The minimum absolute atomic E-state index is 0.586. The lowest BCUT2D eigenvalue weighted by atomic mass is 10.1. The van der Waals surface area contributed by atoms with Gasteiger partial charge in [0, 0.05) is 11.7 Å². The van der Waals surface area contributed by atoms with Gasteiger partial charge in [0.25, 0.3) is 5.56 Å². The smallest absolute Gasteiger partial charge is 0.333 e. The number of pyridine rings is 1. The van der Waals surface area contributed by atoms with E-state index in [0.29, 0.717) is 10.6 Å². The van der Waals surface area contributed by atoms with Gasteiger partial charge in [0.15, 0.2) is 0 Å². The van der Waals surface area contributed by atoms with E-state index in [0.717, 1.165) is 12.3 Å². The summed E-state index contributed by atoms with van der Waals surface area (Å²) in [5.41, 5.74) is -3.31. The van der Waals surface area contributed by atoms with Crippen molar-refractivity contribution in [3.05, 3.63) is 34.2 Å². The largest absolute Gasteiger partial charge is 0.421 e. The van der Waals surface area contributed by atoms with Crippen LogP contribution in [0.5, 0.6) is 0 Å².